The van der Waals surface area contributed by atoms with E-state index in [0.29, 0.717) is 5.69 Å². The van der Waals surface area contributed by atoms with E-state index in [4.69, 9.17) is 4.74 Å². The molecule has 1 heterocycles. The van der Waals surface area contributed by atoms with Crippen LogP contribution in [-0.2, 0) is 27.2 Å². The van der Waals surface area contributed by atoms with E-state index in [1.165, 1.54) is 16.9 Å². The molecule has 1 aromatic carbocycles. The quantitative estimate of drug-likeness (QED) is 0.802. The van der Waals surface area contributed by atoms with Crippen LogP contribution in [0, 0.1) is 0 Å². The van der Waals surface area contributed by atoms with E-state index in [2.05, 4.69) is 29.4 Å². The predicted molar refractivity (Wildman–Crippen MR) is 99.5 cm³/mol. The van der Waals surface area contributed by atoms with Gasteiger partial charge in [-0.3, -0.25) is 9.59 Å². The molecule has 0 aliphatic carbocycles. The third kappa shape index (κ3) is 6.31. The van der Waals surface area contributed by atoms with Crippen molar-refractivity contribution in [2.75, 3.05) is 6.54 Å². The van der Waals surface area contributed by atoms with E-state index in [9.17, 15) is 9.59 Å². The molecule has 0 saturated heterocycles. The van der Waals surface area contributed by atoms with Crippen LogP contribution in [0.15, 0.2) is 29.6 Å². The third-order valence-electron chi connectivity index (χ3n) is 3.35. The highest BCUT2D eigenvalue weighted by molar-refractivity contribution is 7.13. The van der Waals surface area contributed by atoms with Gasteiger partial charge < -0.3 is 10.1 Å². The van der Waals surface area contributed by atoms with Crippen LogP contribution in [-0.4, -0.2) is 29.0 Å². The molecule has 0 saturated carbocycles. The van der Waals surface area contributed by atoms with Crippen molar-refractivity contribution in [3.63, 3.8) is 0 Å². The highest BCUT2D eigenvalue weighted by atomic mass is 32.1. The molecular formula is C19H24N2O3S. The summed E-state index contributed by atoms with van der Waals surface area (Å²) in [4.78, 5) is 28.1. The monoisotopic (exact) mass is 360 g/mol. The number of benzene rings is 1. The van der Waals surface area contributed by atoms with E-state index >= 15 is 0 Å². The second kappa shape index (κ2) is 8.25. The van der Waals surface area contributed by atoms with Crippen LogP contribution in [0.25, 0.3) is 10.6 Å². The zero-order valence-corrected chi connectivity index (χ0v) is 15.9. The van der Waals surface area contributed by atoms with Gasteiger partial charge in [0.25, 0.3) is 0 Å². The first-order valence-corrected chi connectivity index (χ1v) is 9.17. The number of nitrogens with one attached hydrogen (secondary N) is 1. The Kier molecular flexibility index (Phi) is 6.31. The van der Waals surface area contributed by atoms with Gasteiger partial charge in [-0.1, -0.05) is 31.2 Å². The Morgan fingerprint density at radius 1 is 1.20 bits per heavy atom. The zero-order chi connectivity index (χ0) is 18.4. The zero-order valence-electron chi connectivity index (χ0n) is 15.1. The number of hydrogen-bond acceptors (Lipinski definition) is 5. The lowest BCUT2D eigenvalue weighted by atomic mass is 10.1. The Balaban J connectivity index is 1.87. The number of rotatable bonds is 6. The maximum atomic E-state index is 12.0. The number of thiazole rings is 1. The fraction of sp³-hybridized carbons (Fsp3) is 0.421. The van der Waals surface area contributed by atoms with Gasteiger partial charge in [0.2, 0.25) is 5.91 Å². The lowest BCUT2D eigenvalue weighted by Gasteiger charge is -2.19. The minimum atomic E-state index is -0.557. The summed E-state index contributed by atoms with van der Waals surface area (Å²) in [7, 11) is 0. The van der Waals surface area contributed by atoms with Crippen LogP contribution in [0.4, 0.5) is 0 Å². The van der Waals surface area contributed by atoms with Gasteiger partial charge in [-0.05, 0) is 32.8 Å². The van der Waals surface area contributed by atoms with Crippen LogP contribution in [0.1, 0.15) is 39.0 Å². The Labute approximate surface area is 152 Å². The highest BCUT2D eigenvalue weighted by Crippen LogP contribution is 2.24. The molecule has 25 heavy (non-hydrogen) atoms. The average Bonchev–Trinajstić information content (AvgIpc) is 3.00. The fourth-order valence-corrected chi connectivity index (χ4v) is 3.00. The first-order chi connectivity index (χ1) is 11.8. The van der Waals surface area contributed by atoms with Crippen molar-refractivity contribution in [1.29, 1.82) is 0 Å². The SMILES string of the molecule is CCc1ccc(-c2nc(CC(=O)NCC(=O)OC(C)(C)C)cs2)cc1. The van der Waals surface area contributed by atoms with E-state index in [-0.39, 0.29) is 18.9 Å². The molecule has 0 radical (unpaired) electrons. The van der Waals surface area contributed by atoms with Crippen molar-refractivity contribution < 1.29 is 14.3 Å². The largest absolute Gasteiger partial charge is 0.459 e. The van der Waals surface area contributed by atoms with Crippen molar-refractivity contribution in [1.82, 2.24) is 10.3 Å². The third-order valence-corrected chi connectivity index (χ3v) is 4.29. The second-order valence-electron chi connectivity index (χ2n) is 6.73. The van der Waals surface area contributed by atoms with E-state index in [0.717, 1.165) is 17.0 Å². The van der Waals surface area contributed by atoms with Crippen LogP contribution >= 0.6 is 11.3 Å². The van der Waals surface area contributed by atoms with Crippen molar-refractivity contribution in [2.24, 2.45) is 0 Å². The lowest BCUT2D eigenvalue weighted by molar-refractivity contribution is -0.154. The first kappa shape index (κ1) is 19.1. The summed E-state index contributed by atoms with van der Waals surface area (Å²) in [6, 6.07) is 8.27. The Morgan fingerprint density at radius 3 is 2.48 bits per heavy atom. The normalized spacial score (nSPS) is 11.2. The second-order valence-corrected chi connectivity index (χ2v) is 7.59. The summed E-state index contributed by atoms with van der Waals surface area (Å²) in [6.45, 7) is 7.35. The van der Waals surface area contributed by atoms with Gasteiger partial charge in [0.05, 0.1) is 12.1 Å². The number of hydrogen-bond donors (Lipinski definition) is 1. The van der Waals surface area contributed by atoms with Gasteiger partial charge >= 0.3 is 5.97 Å². The molecule has 0 atom stereocenters. The van der Waals surface area contributed by atoms with Gasteiger partial charge in [0.15, 0.2) is 0 Å². The van der Waals surface area contributed by atoms with Crippen molar-refractivity contribution in [2.45, 2.75) is 46.1 Å². The number of carbonyl (C=O) groups is 2. The van der Waals surface area contributed by atoms with Gasteiger partial charge in [0, 0.05) is 10.9 Å². The number of esters is 1. The Hall–Kier alpha value is -2.21. The highest BCUT2D eigenvalue weighted by Gasteiger charge is 2.17. The fourth-order valence-electron chi connectivity index (χ4n) is 2.18. The molecule has 0 bridgehead atoms. The number of nitrogens with zero attached hydrogens (tertiary/aromatic N) is 1. The number of amides is 1. The van der Waals surface area contributed by atoms with Gasteiger partial charge in [0.1, 0.15) is 17.2 Å². The molecule has 0 spiro atoms. The molecule has 5 nitrogen and oxygen atoms in total. The van der Waals surface area contributed by atoms with Crippen molar-refractivity contribution >= 4 is 23.2 Å². The van der Waals surface area contributed by atoms with E-state index in [1.807, 2.05) is 17.5 Å². The Morgan fingerprint density at radius 2 is 1.88 bits per heavy atom. The number of aryl methyl sites for hydroxylation is 1. The summed E-state index contributed by atoms with van der Waals surface area (Å²) in [5, 5.41) is 5.33. The van der Waals surface area contributed by atoms with E-state index in [1.54, 1.807) is 20.8 Å². The van der Waals surface area contributed by atoms with Crippen LogP contribution < -0.4 is 5.32 Å². The average molecular weight is 360 g/mol. The molecule has 2 aromatic rings. The summed E-state index contributed by atoms with van der Waals surface area (Å²) in [5.41, 5.74) is 2.46. The van der Waals surface area contributed by atoms with Gasteiger partial charge in [-0.25, -0.2) is 4.98 Å². The van der Waals surface area contributed by atoms with E-state index < -0.39 is 11.6 Å². The van der Waals surface area contributed by atoms with Crippen LogP contribution in [0.3, 0.4) is 0 Å². The van der Waals surface area contributed by atoms with Gasteiger partial charge in [-0.15, -0.1) is 11.3 Å². The molecule has 0 fully saturated rings. The molecule has 1 aromatic heterocycles. The smallest absolute Gasteiger partial charge is 0.325 e. The molecule has 134 valence electrons. The maximum absolute atomic E-state index is 12.0. The van der Waals surface area contributed by atoms with Gasteiger partial charge in [-0.2, -0.15) is 0 Å². The summed E-state index contributed by atoms with van der Waals surface area (Å²) in [6.07, 6.45) is 1.15. The molecule has 1 N–H and O–H groups in total. The molecule has 0 aliphatic rings. The minimum Gasteiger partial charge on any atom is -0.459 e. The molecule has 1 amide bonds. The maximum Gasteiger partial charge on any atom is 0.325 e. The molecule has 0 unspecified atom stereocenters. The van der Waals surface area contributed by atoms with Crippen LogP contribution in [0.5, 0.6) is 0 Å². The standard InChI is InChI=1S/C19H24N2O3S/c1-5-13-6-8-14(9-7-13)18-21-15(12-25-18)10-16(22)20-11-17(23)24-19(2,3)4/h6-9,12H,5,10-11H2,1-4H3,(H,20,22). The minimum absolute atomic E-state index is 0.133. The number of ether oxygens (including phenoxy) is 1. The molecule has 2 rings (SSSR count). The topological polar surface area (TPSA) is 68.3 Å². The molecular weight excluding hydrogens is 336 g/mol. The predicted octanol–water partition coefficient (Wildman–Crippen LogP) is 3.37. The molecule has 6 heteroatoms. The first-order valence-electron chi connectivity index (χ1n) is 8.29. The van der Waals surface area contributed by atoms with Crippen LogP contribution in [0.2, 0.25) is 0 Å². The summed E-state index contributed by atoms with van der Waals surface area (Å²) < 4.78 is 5.15. The summed E-state index contributed by atoms with van der Waals surface area (Å²) in [5.74, 6) is -0.695. The lowest BCUT2D eigenvalue weighted by Crippen LogP contribution is -2.35. The Bertz CT molecular complexity index is 730. The van der Waals surface area contributed by atoms with Crippen molar-refractivity contribution in [3.05, 3.63) is 40.9 Å². The summed E-state index contributed by atoms with van der Waals surface area (Å²) >= 11 is 1.51. The van der Waals surface area contributed by atoms with Crippen molar-refractivity contribution in [3.8, 4) is 10.6 Å². The number of carbonyl (C=O) groups excluding carboxylic acids is 2. The number of aromatic nitrogens is 1. The molecule has 0 aliphatic heterocycles.